The van der Waals surface area contributed by atoms with Crippen molar-refractivity contribution in [3.8, 4) is 0 Å². The summed E-state index contributed by atoms with van der Waals surface area (Å²) in [7, 11) is 0. The molecule has 0 aromatic carbocycles. The lowest BCUT2D eigenvalue weighted by Crippen LogP contribution is -2.41. The number of hydrogen-bond acceptors (Lipinski definition) is 5. The van der Waals surface area contributed by atoms with Crippen LogP contribution in [0.15, 0.2) is 37.1 Å². The van der Waals surface area contributed by atoms with Crippen molar-refractivity contribution in [2.45, 2.75) is 26.1 Å². The van der Waals surface area contributed by atoms with Crippen LogP contribution in [-0.2, 0) is 17.8 Å². The van der Waals surface area contributed by atoms with E-state index in [1.165, 1.54) is 0 Å². The summed E-state index contributed by atoms with van der Waals surface area (Å²) in [6.07, 6.45) is 7.34. The fraction of sp³-hybridized carbons (Fsp3) is 0.471. The molecule has 0 radical (unpaired) electrons. The maximum atomic E-state index is 11.8. The lowest BCUT2D eigenvalue weighted by Gasteiger charge is -2.32. The van der Waals surface area contributed by atoms with E-state index in [9.17, 15) is 4.79 Å². The lowest BCUT2D eigenvalue weighted by atomic mass is 10.2. The number of carbonyl (C=O) groups excluding carboxylic acids is 1. The van der Waals surface area contributed by atoms with Gasteiger partial charge in [-0.3, -0.25) is 0 Å². The van der Waals surface area contributed by atoms with E-state index in [2.05, 4.69) is 32.4 Å². The van der Waals surface area contributed by atoms with Gasteiger partial charge >= 0.3 is 6.03 Å². The van der Waals surface area contributed by atoms with Crippen molar-refractivity contribution in [3.63, 3.8) is 0 Å². The van der Waals surface area contributed by atoms with Crippen LogP contribution in [0.4, 0.5) is 10.6 Å². The molecule has 0 saturated carbocycles. The normalized spacial score (nSPS) is 17.3. The average molecular weight is 344 g/mol. The third-order valence-corrected chi connectivity index (χ3v) is 4.04. The maximum absolute atomic E-state index is 11.8. The zero-order valence-corrected chi connectivity index (χ0v) is 14.4. The molecule has 1 aliphatic heterocycles. The Labute approximate surface area is 147 Å². The first-order chi connectivity index (χ1) is 12.2. The highest BCUT2D eigenvalue weighted by atomic mass is 16.5. The number of carbonyl (C=O) groups is 1. The van der Waals surface area contributed by atoms with Crippen molar-refractivity contribution < 1.29 is 9.53 Å². The standard InChI is InChI=1S/C17H24N6O2/c1-14-12-23(8-9-25-14)16-3-2-15(10-20-16)11-21-17(24)19-5-7-22-6-4-18-13-22/h2-4,6,10,13-14H,5,7-9,11-12H2,1H3,(H2,19,21,24)/t14-/m1/s1. The molecule has 0 spiro atoms. The van der Waals surface area contributed by atoms with Crippen molar-refractivity contribution in [1.82, 2.24) is 25.2 Å². The number of pyridine rings is 1. The minimum Gasteiger partial charge on any atom is -0.375 e. The van der Waals surface area contributed by atoms with Crippen LogP contribution >= 0.6 is 0 Å². The number of rotatable bonds is 6. The number of amides is 2. The molecule has 2 N–H and O–H groups in total. The number of ether oxygens (including phenoxy) is 1. The van der Waals surface area contributed by atoms with Crippen LogP contribution in [-0.4, -0.2) is 52.9 Å². The smallest absolute Gasteiger partial charge is 0.315 e. The summed E-state index contributed by atoms with van der Waals surface area (Å²) < 4.78 is 7.46. The first-order valence-corrected chi connectivity index (χ1v) is 8.49. The van der Waals surface area contributed by atoms with Gasteiger partial charge in [-0.2, -0.15) is 0 Å². The Hall–Kier alpha value is -2.61. The molecule has 8 nitrogen and oxygen atoms in total. The van der Waals surface area contributed by atoms with E-state index in [4.69, 9.17) is 4.74 Å². The lowest BCUT2D eigenvalue weighted by molar-refractivity contribution is 0.0529. The van der Waals surface area contributed by atoms with Gasteiger partial charge in [-0.05, 0) is 18.6 Å². The van der Waals surface area contributed by atoms with E-state index in [-0.39, 0.29) is 12.1 Å². The molecule has 1 fully saturated rings. The first-order valence-electron chi connectivity index (χ1n) is 8.49. The molecular formula is C17H24N6O2. The van der Waals surface area contributed by atoms with Gasteiger partial charge in [0.1, 0.15) is 5.82 Å². The minimum absolute atomic E-state index is 0.189. The number of nitrogens with zero attached hydrogens (tertiary/aromatic N) is 4. The van der Waals surface area contributed by atoms with Gasteiger partial charge in [0.25, 0.3) is 0 Å². The Morgan fingerprint density at radius 2 is 2.32 bits per heavy atom. The van der Waals surface area contributed by atoms with Crippen LogP contribution in [0.1, 0.15) is 12.5 Å². The van der Waals surface area contributed by atoms with Crippen molar-refractivity contribution in [3.05, 3.63) is 42.6 Å². The van der Waals surface area contributed by atoms with Crippen molar-refractivity contribution >= 4 is 11.8 Å². The van der Waals surface area contributed by atoms with Gasteiger partial charge in [0.2, 0.25) is 0 Å². The van der Waals surface area contributed by atoms with Crippen LogP contribution in [0.2, 0.25) is 0 Å². The second kappa shape index (κ2) is 8.48. The van der Waals surface area contributed by atoms with Crippen molar-refractivity contribution in [1.29, 1.82) is 0 Å². The predicted octanol–water partition coefficient (Wildman–Crippen LogP) is 1.00. The molecule has 2 aromatic rings. The molecule has 2 aromatic heterocycles. The quantitative estimate of drug-likeness (QED) is 0.817. The zero-order valence-electron chi connectivity index (χ0n) is 14.4. The number of nitrogens with one attached hydrogen (secondary N) is 2. The Morgan fingerprint density at radius 3 is 3.04 bits per heavy atom. The topological polar surface area (TPSA) is 84.3 Å². The van der Waals surface area contributed by atoms with Gasteiger partial charge in [-0.25, -0.2) is 14.8 Å². The van der Waals surface area contributed by atoms with Gasteiger partial charge < -0.3 is 24.8 Å². The molecule has 0 aliphatic carbocycles. The van der Waals surface area contributed by atoms with Gasteiger partial charge in [0, 0.05) is 51.3 Å². The molecular weight excluding hydrogens is 320 g/mol. The number of anilines is 1. The largest absolute Gasteiger partial charge is 0.375 e. The third kappa shape index (κ3) is 5.18. The third-order valence-electron chi connectivity index (χ3n) is 4.04. The second-order valence-corrected chi connectivity index (χ2v) is 6.06. The summed E-state index contributed by atoms with van der Waals surface area (Å²) in [6.45, 7) is 6.19. The van der Waals surface area contributed by atoms with Crippen LogP contribution in [0, 0.1) is 0 Å². The highest BCUT2D eigenvalue weighted by Crippen LogP contribution is 2.15. The number of morpholine rings is 1. The second-order valence-electron chi connectivity index (χ2n) is 6.06. The van der Waals surface area contributed by atoms with E-state index < -0.39 is 0 Å². The SMILES string of the molecule is C[C@@H]1CN(c2ccc(CNC(=O)NCCn3ccnc3)cn2)CCO1. The fourth-order valence-corrected chi connectivity index (χ4v) is 2.70. The van der Waals surface area contributed by atoms with Gasteiger partial charge in [-0.1, -0.05) is 6.07 Å². The number of imidazole rings is 1. The highest BCUT2D eigenvalue weighted by Gasteiger charge is 2.17. The average Bonchev–Trinajstić information content (AvgIpc) is 3.14. The molecule has 3 heterocycles. The van der Waals surface area contributed by atoms with E-state index in [0.29, 0.717) is 19.6 Å². The number of urea groups is 1. The van der Waals surface area contributed by atoms with E-state index in [0.717, 1.165) is 31.1 Å². The molecule has 0 unspecified atom stereocenters. The maximum Gasteiger partial charge on any atom is 0.315 e. The highest BCUT2D eigenvalue weighted by molar-refractivity contribution is 5.73. The Morgan fingerprint density at radius 1 is 1.40 bits per heavy atom. The van der Waals surface area contributed by atoms with Gasteiger partial charge in [-0.15, -0.1) is 0 Å². The van der Waals surface area contributed by atoms with Crippen LogP contribution < -0.4 is 15.5 Å². The van der Waals surface area contributed by atoms with E-state index >= 15 is 0 Å². The predicted molar refractivity (Wildman–Crippen MR) is 94.3 cm³/mol. The minimum atomic E-state index is -0.189. The molecule has 0 bridgehead atoms. The summed E-state index contributed by atoms with van der Waals surface area (Å²) in [5.74, 6) is 0.948. The van der Waals surface area contributed by atoms with Crippen LogP contribution in [0.25, 0.3) is 0 Å². The Balaban J connectivity index is 1.39. The summed E-state index contributed by atoms with van der Waals surface area (Å²) in [6, 6.07) is 3.80. The summed E-state index contributed by atoms with van der Waals surface area (Å²) in [5, 5.41) is 5.65. The van der Waals surface area contributed by atoms with Crippen molar-refractivity contribution in [2.24, 2.45) is 0 Å². The Kier molecular flexibility index (Phi) is 5.84. The summed E-state index contributed by atoms with van der Waals surface area (Å²) >= 11 is 0. The zero-order chi connectivity index (χ0) is 17.5. The molecule has 25 heavy (non-hydrogen) atoms. The number of aromatic nitrogens is 3. The molecule has 3 rings (SSSR count). The van der Waals surface area contributed by atoms with Gasteiger partial charge in [0.15, 0.2) is 0 Å². The monoisotopic (exact) mass is 344 g/mol. The van der Waals surface area contributed by atoms with E-state index in [1.54, 1.807) is 18.7 Å². The molecule has 8 heteroatoms. The first kappa shape index (κ1) is 17.2. The molecule has 1 aliphatic rings. The fourth-order valence-electron chi connectivity index (χ4n) is 2.70. The van der Waals surface area contributed by atoms with E-state index in [1.807, 2.05) is 22.9 Å². The summed E-state index contributed by atoms with van der Waals surface area (Å²) in [5.41, 5.74) is 0.967. The summed E-state index contributed by atoms with van der Waals surface area (Å²) in [4.78, 5) is 22.5. The molecule has 2 amide bonds. The molecule has 1 saturated heterocycles. The number of hydrogen-bond donors (Lipinski definition) is 2. The van der Waals surface area contributed by atoms with Crippen molar-refractivity contribution in [2.75, 3.05) is 31.1 Å². The molecule has 1 atom stereocenters. The van der Waals surface area contributed by atoms with Crippen LogP contribution in [0.5, 0.6) is 0 Å². The molecule has 134 valence electrons. The Bertz CT molecular complexity index is 658. The van der Waals surface area contributed by atoms with Crippen LogP contribution in [0.3, 0.4) is 0 Å². The van der Waals surface area contributed by atoms with Gasteiger partial charge in [0.05, 0.1) is 19.0 Å².